The van der Waals surface area contributed by atoms with Crippen LogP contribution in [0.5, 0.6) is 0 Å². The van der Waals surface area contributed by atoms with Crippen molar-refractivity contribution in [2.45, 2.75) is 5.75 Å². The first-order valence-electron chi connectivity index (χ1n) is 6.13. The van der Waals surface area contributed by atoms with E-state index in [1.807, 2.05) is 30.3 Å². The van der Waals surface area contributed by atoms with Gasteiger partial charge in [-0.3, -0.25) is 0 Å². The Labute approximate surface area is 131 Å². The number of nitrogens with two attached hydrogens (primary N) is 1. The molecular weight excluding hydrogens is 309 g/mol. The van der Waals surface area contributed by atoms with Crippen LogP contribution in [0.2, 0.25) is 5.02 Å². The molecule has 0 unspecified atom stereocenters. The fourth-order valence-corrected chi connectivity index (χ4v) is 2.30. The molecular formula is C15H13ClFN3S. The van der Waals surface area contributed by atoms with Gasteiger partial charge in [0.25, 0.3) is 0 Å². The molecule has 3 nitrogen and oxygen atoms in total. The molecule has 21 heavy (non-hydrogen) atoms. The summed E-state index contributed by atoms with van der Waals surface area (Å²) >= 11 is 7.29. The zero-order valence-corrected chi connectivity index (χ0v) is 12.6. The highest BCUT2D eigenvalue weighted by Crippen LogP contribution is 2.15. The Hall–Kier alpha value is -1.85. The molecule has 0 bridgehead atoms. The first-order valence-corrected chi connectivity index (χ1v) is 7.50. The van der Waals surface area contributed by atoms with Crippen molar-refractivity contribution in [2.75, 3.05) is 0 Å². The summed E-state index contributed by atoms with van der Waals surface area (Å²) in [6, 6.07) is 13.9. The minimum Gasteiger partial charge on any atom is -0.377 e. The van der Waals surface area contributed by atoms with Crippen molar-refractivity contribution < 1.29 is 4.39 Å². The molecule has 2 rings (SSSR count). The summed E-state index contributed by atoms with van der Waals surface area (Å²) in [6.45, 7) is 0. The van der Waals surface area contributed by atoms with Crippen molar-refractivity contribution >= 4 is 34.7 Å². The quantitative estimate of drug-likeness (QED) is 0.524. The van der Waals surface area contributed by atoms with Crippen LogP contribution in [0.4, 0.5) is 4.39 Å². The van der Waals surface area contributed by atoms with E-state index in [1.165, 1.54) is 36.2 Å². The number of amidine groups is 1. The normalized spacial score (nSPS) is 12.0. The Balaban J connectivity index is 1.93. The van der Waals surface area contributed by atoms with Crippen molar-refractivity contribution in [1.29, 1.82) is 0 Å². The van der Waals surface area contributed by atoms with E-state index in [9.17, 15) is 4.39 Å². The topological polar surface area (TPSA) is 50.7 Å². The Morgan fingerprint density at radius 3 is 2.76 bits per heavy atom. The van der Waals surface area contributed by atoms with Gasteiger partial charge in [-0.2, -0.15) is 5.10 Å². The van der Waals surface area contributed by atoms with Gasteiger partial charge in [-0.15, -0.1) is 5.10 Å². The minimum atomic E-state index is -0.378. The molecule has 0 spiro atoms. The maximum Gasteiger partial charge on any atom is 0.180 e. The molecule has 0 aliphatic heterocycles. The Morgan fingerprint density at radius 2 is 2.00 bits per heavy atom. The molecule has 2 aromatic rings. The van der Waals surface area contributed by atoms with Crippen LogP contribution in [0, 0.1) is 5.82 Å². The highest BCUT2D eigenvalue weighted by atomic mass is 35.5. The third-order valence-electron chi connectivity index (χ3n) is 2.54. The second-order valence-electron chi connectivity index (χ2n) is 4.12. The molecule has 2 N–H and O–H groups in total. The first kappa shape index (κ1) is 15.5. The fraction of sp³-hybridized carbons (Fsp3) is 0.0667. The number of nitrogens with zero attached hydrogens (tertiary/aromatic N) is 2. The summed E-state index contributed by atoms with van der Waals surface area (Å²) < 4.78 is 13.1. The SMILES string of the molecule is NC(=NN=Cc1cc(F)ccc1Cl)SCc1ccccc1. The Morgan fingerprint density at radius 1 is 1.24 bits per heavy atom. The average molecular weight is 322 g/mol. The summed E-state index contributed by atoms with van der Waals surface area (Å²) in [5, 5.41) is 8.42. The lowest BCUT2D eigenvalue weighted by Crippen LogP contribution is -2.06. The van der Waals surface area contributed by atoms with Gasteiger partial charge >= 0.3 is 0 Å². The van der Waals surface area contributed by atoms with E-state index in [0.29, 0.717) is 21.5 Å². The molecule has 108 valence electrons. The van der Waals surface area contributed by atoms with Crippen LogP contribution >= 0.6 is 23.4 Å². The average Bonchev–Trinajstić information content (AvgIpc) is 2.50. The van der Waals surface area contributed by atoms with Gasteiger partial charge in [-0.1, -0.05) is 53.7 Å². The number of benzene rings is 2. The van der Waals surface area contributed by atoms with Crippen LogP contribution in [0.25, 0.3) is 0 Å². The molecule has 0 radical (unpaired) electrons. The van der Waals surface area contributed by atoms with Crippen molar-refractivity contribution in [3.8, 4) is 0 Å². The summed E-state index contributed by atoms with van der Waals surface area (Å²) in [5.41, 5.74) is 7.36. The van der Waals surface area contributed by atoms with Gasteiger partial charge in [-0.05, 0) is 23.8 Å². The van der Waals surface area contributed by atoms with Gasteiger partial charge in [0.1, 0.15) is 5.82 Å². The lowest BCUT2D eigenvalue weighted by Gasteiger charge is -1.99. The van der Waals surface area contributed by atoms with Crippen molar-refractivity contribution in [3.05, 3.63) is 70.5 Å². The van der Waals surface area contributed by atoms with Gasteiger partial charge < -0.3 is 5.73 Å². The third kappa shape index (κ3) is 5.21. The third-order valence-corrected chi connectivity index (χ3v) is 3.74. The summed E-state index contributed by atoms with van der Waals surface area (Å²) in [7, 11) is 0. The number of halogens is 2. The lowest BCUT2D eigenvalue weighted by molar-refractivity contribution is 0.627. The number of rotatable bonds is 4. The number of hydrogen-bond acceptors (Lipinski definition) is 3. The highest BCUT2D eigenvalue weighted by molar-refractivity contribution is 8.13. The molecule has 0 atom stereocenters. The second-order valence-corrected chi connectivity index (χ2v) is 5.53. The highest BCUT2D eigenvalue weighted by Gasteiger charge is 1.99. The van der Waals surface area contributed by atoms with E-state index >= 15 is 0 Å². The molecule has 0 amide bonds. The summed E-state index contributed by atoms with van der Waals surface area (Å²) in [5.74, 6) is 0.336. The zero-order chi connectivity index (χ0) is 15.1. The van der Waals surface area contributed by atoms with E-state index in [1.54, 1.807) is 0 Å². The molecule has 0 aliphatic rings. The van der Waals surface area contributed by atoms with Gasteiger partial charge in [0.05, 0.1) is 6.21 Å². The maximum atomic E-state index is 13.1. The fourth-order valence-electron chi connectivity index (χ4n) is 1.52. The smallest absolute Gasteiger partial charge is 0.180 e. The molecule has 0 saturated heterocycles. The predicted octanol–water partition coefficient (Wildman–Crippen LogP) is 4.06. The first-order chi connectivity index (χ1) is 10.1. The van der Waals surface area contributed by atoms with E-state index in [4.69, 9.17) is 17.3 Å². The van der Waals surface area contributed by atoms with E-state index in [-0.39, 0.29) is 5.82 Å². The summed E-state index contributed by atoms with van der Waals surface area (Å²) in [4.78, 5) is 0. The molecule has 2 aromatic carbocycles. The molecule has 0 saturated carbocycles. The largest absolute Gasteiger partial charge is 0.377 e. The van der Waals surface area contributed by atoms with Crippen molar-refractivity contribution in [1.82, 2.24) is 0 Å². The Bertz CT molecular complexity index is 659. The molecule has 0 heterocycles. The van der Waals surface area contributed by atoms with Crippen LogP contribution in [0.15, 0.2) is 58.7 Å². The lowest BCUT2D eigenvalue weighted by atomic mass is 10.2. The Kier molecular flexibility index (Phi) is 5.78. The van der Waals surface area contributed by atoms with Crippen LogP contribution in [0.3, 0.4) is 0 Å². The summed E-state index contributed by atoms with van der Waals surface area (Å²) in [6.07, 6.45) is 1.38. The van der Waals surface area contributed by atoms with Crippen molar-refractivity contribution in [2.24, 2.45) is 15.9 Å². The minimum absolute atomic E-state index is 0.336. The van der Waals surface area contributed by atoms with Gasteiger partial charge in [0.2, 0.25) is 0 Å². The molecule has 0 fully saturated rings. The standard InChI is InChI=1S/C15H13ClFN3S/c16-14-7-6-13(17)8-12(14)9-19-20-15(18)21-10-11-4-2-1-3-5-11/h1-9H,10H2,(H2,18,20). The molecule has 0 aliphatic carbocycles. The predicted molar refractivity (Wildman–Crippen MR) is 88.4 cm³/mol. The van der Waals surface area contributed by atoms with Crippen LogP contribution in [0.1, 0.15) is 11.1 Å². The van der Waals surface area contributed by atoms with E-state index < -0.39 is 0 Å². The van der Waals surface area contributed by atoms with Crippen LogP contribution in [-0.2, 0) is 5.75 Å². The molecule has 6 heteroatoms. The van der Waals surface area contributed by atoms with Gasteiger partial charge in [0.15, 0.2) is 5.17 Å². The van der Waals surface area contributed by atoms with E-state index in [0.717, 1.165) is 5.56 Å². The monoisotopic (exact) mass is 321 g/mol. The number of thioether (sulfide) groups is 1. The maximum absolute atomic E-state index is 13.1. The van der Waals surface area contributed by atoms with Crippen molar-refractivity contribution in [3.63, 3.8) is 0 Å². The number of hydrogen-bond donors (Lipinski definition) is 1. The van der Waals surface area contributed by atoms with Gasteiger partial charge in [0, 0.05) is 16.3 Å². The van der Waals surface area contributed by atoms with Gasteiger partial charge in [-0.25, -0.2) is 4.39 Å². The molecule has 0 aromatic heterocycles. The second kappa shape index (κ2) is 7.81. The van der Waals surface area contributed by atoms with E-state index in [2.05, 4.69) is 10.2 Å². The van der Waals surface area contributed by atoms with Crippen LogP contribution < -0.4 is 5.73 Å². The van der Waals surface area contributed by atoms with Crippen LogP contribution in [-0.4, -0.2) is 11.4 Å². The zero-order valence-electron chi connectivity index (χ0n) is 11.0.